The largest absolute Gasteiger partial charge is 0.279 e. The molecule has 0 amide bonds. The lowest BCUT2D eigenvalue weighted by atomic mass is 10.2. The van der Waals surface area contributed by atoms with Crippen molar-refractivity contribution in [3.05, 3.63) is 64.7 Å². The fourth-order valence-electron chi connectivity index (χ4n) is 1.40. The Hall–Kier alpha value is -1.80. The molecular formula is C14H13ClN2. The molecule has 0 fully saturated rings. The standard InChI is InChI=1S/C14H13ClN2/c1-11-5-7-14(8-6-11)17-16-10-12-3-2-4-13(15)9-12/h2-10,17H,1H3/b16-10-. The zero-order valence-electron chi connectivity index (χ0n) is 9.52. The summed E-state index contributed by atoms with van der Waals surface area (Å²) in [5.41, 5.74) is 6.13. The minimum absolute atomic E-state index is 0.712. The van der Waals surface area contributed by atoms with E-state index in [0.717, 1.165) is 11.3 Å². The number of hydrazone groups is 1. The molecule has 0 saturated carbocycles. The third kappa shape index (κ3) is 3.61. The third-order valence-electron chi connectivity index (χ3n) is 2.31. The van der Waals surface area contributed by atoms with Crippen LogP contribution < -0.4 is 5.43 Å². The number of halogens is 1. The molecule has 0 aromatic heterocycles. The van der Waals surface area contributed by atoms with Gasteiger partial charge in [0.05, 0.1) is 11.9 Å². The number of rotatable bonds is 3. The second-order valence-electron chi connectivity index (χ2n) is 3.79. The number of nitrogens with one attached hydrogen (secondary N) is 1. The minimum Gasteiger partial charge on any atom is -0.279 e. The highest BCUT2D eigenvalue weighted by atomic mass is 35.5. The van der Waals surface area contributed by atoms with Crippen LogP contribution in [0.3, 0.4) is 0 Å². The van der Waals surface area contributed by atoms with Crippen LogP contribution in [0.15, 0.2) is 53.6 Å². The van der Waals surface area contributed by atoms with Gasteiger partial charge >= 0.3 is 0 Å². The first-order valence-corrected chi connectivity index (χ1v) is 5.73. The van der Waals surface area contributed by atoms with Crippen LogP contribution >= 0.6 is 11.6 Å². The highest BCUT2D eigenvalue weighted by molar-refractivity contribution is 6.30. The van der Waals surface area contributed by atoms with Crippen molar-refractivity contribution in [3.63, 3.8) is 0 Å². The van der Waals surface area contributed by atoms with Crippen LogP contribution in [-0.2, 0) is 0 Å². The molecule has 17 heavy (non-hydrogen) atoms. The predicted molar refractivity (Wildman–Crippen MR) is 73.8 cm³/mol. The molecule has 0 aliphatic rings. The van der Waals surface area contributed by atoms with Gasteiger partial charge in [0.25, 0.3) is 0 Å². The van der Waals surface area contributed by atoms with Crippen molar-refractivity contribution >= 4 is 23.5 Å². The Kier molecular flexibility index (Phi) is 3.78. The Morgan fingerprint density at radius 3 is 2.59 bits per heavy atom. The van der Waals surface area contributed by atoms with Crippen molar-refractivity contribution in [3.8, 4) is 0 Å². The summed E-state index contributed by atoms with van der Waals surface area (Å²) in [6.45, 7) is 2.05. The summed E-state index contributed by atoms with van der Waals surface area (Å²) in [4.78, 5) is 0. The lowest BCUT2D eigenvalue weighted by Gasteiger charge is -2.00. The molecule has 2 rings (SSSR count). The number of benzene rings is 2. The maximum Gasteiger partial charge on any atom is 0.0561 e. The molecule has 0 spiro atoms. The molecular weight excluding hydrogens is 232 g/mol. The number of nitrogens with zero attached hydrogens (tertiary/aromatic N) is 1. The minimum atomic E-state index is 0.712. The van der Waals surface area contributed by atoms with Crippen LogP contribution in [0.25, 0.3) is 0 Å². The van der Waals surface area contributed by atoms with E-state index in [0.29, 0.717) is 5.02 Å². The Morgan fingerprint density at radius 1 is 1.12 bits per heavy atom. The molecule has 0 aliphatic carbocycles. The molecule has 0 aliphatic heterocycles. The topological polar surface area (TPSA) is 24.4 Å². The van der Waals surface area contributed by atoms with Crippen LogP contribution in [0.4, 0.5) is 5.69 Å². The van der Waals surface area contributed by atoms with E-state index in [1.807, 2.05) is 48.5 Å². The maximum atomic E-state index is 5.88. The summed E-state index contributed by atoms with van der Waals surface area (Å²) in [6, 6.07) is 15.6. The fraction of sp³-hybridized carbons (Fsp3) is 0.0714. The Labute approximate surface area is 106 Å². The summed E-state index contributed by atoms with van der Waals surface area (Å²) >= 11 is 5.88. The Balaban J connectivity index is 2.00. The molecule has 0 bridgehead atoms. The first kappa shape index (κ1) is 11.7. The van der Waals surface area contributed by atoms with E-state index in [2.05, 4.69) is 17.5 Å². The quantitative estimate of drug-likeness (QED) is 0.638. The van der Waals surface area contributed by atoms with E-state index in [1.54, 1.807) is 6.21 Å². The van der Waals surface area contributed by atoms with Gasteiger partial charge in [-0.15, -0.1) is 0 Å². The summed E-state index contributed by atoms with van der Waals surface area (Å²) < 4.78 is 0. The molecule has 2 nitrogen and oxygen atoms in total. The van der Waals surface area contributed by atoms with Gasteiger partial charge in [-0.1, -0.05) is 41.4 Å². The molecule has 86 valence electrons. The van der Waals surface area contributed by atoms with Crippen molar-refractivity contribution in [1.82, 2.24) is 0 Å². The van der Waals surface area contributed by atoms with Gasteiger partial charge in [0.2, 0.25) is 0 Å². The molecule has 1 N–H and O–H groups in total. The highest BCUT2D eigenvalue weighted by Crippen LogP contribution is 2.10. The molecule has 0 saturated heterocycles. The van der Waals surface area contributed by atoms with E-state index in [4.69, 9.17) is 11.6 Å². The van der Waals surface area contributed by atoms with Crippen molar-refractivity contribution in [2.45, 2.75) is 6.92 Å². The zero-order valence-corrected chi connectivity index (χ0v) is 10.3. The second kappa shape index (κ2) is 5.51. The smallest absolute Gasteiger partial charge is 0.0561 e. The third-order valence-corrected chi connectivity index (χ3v) is 2.54. The maximum absolute atomic E-state index is 5.88. The van der Waals surface area contributed by atoms with Crippen molar-refractivity contribution in [2.75, 3.05) is 5.43 Å². The first-order chi connectivity index (χ1) is 8.24. The van der Waals surface area contributed by atoms with Crippen molar-refractivity contribution < 1.29 is 0 Å². The van der Waals surface area contributed by atoms with Gasteiger partial charge in [0.1, 0.15) is 0 Å². The molecule has 2 aromatic carbocycles. The lowest BCUT2D eigenvalue weighted by molar-refractivity contribution is 1.34. The zero-order chi connectivity index (χ0) is 12.1. The van der Waals surface area contributed by atoms with E-state index in [9.17, 15) is 0 Å². The Bertz CT molecular complexity index is 518. The van der Waals surface area contributed by atoms with Gasteiger partial charge in [0, 0.05) is 5.02 Å². The highest BCUT2D eigenvalue weighted by Gasteiger charge is 1.90. The Morgan fingerprint density at radius 2 is 1.88 bits per heavy atom. The molecule has 2 aromatic rings. The molecule has 0 radical (unpaired) electrons. The van der Waals surface area contributed by atoms with E-state index in [1.165, 1.54) is 5.56 Å². The molecule has 0 unspecified atom stereocenters. The molecule has 0 atom stereocenters. The van der Waals surface area contributed by atoms with Gasteiger partial charge in [-0.3, -0.25) is 5.43 Å². The summed E-state index contributed by atoms with van der Waals surface area (Å²) in [5.74, 6) is 0. The predicted octanol–water partition coefficient (Wildman–Crippen LogP) is 4.09. The van der Waals surface area contributed by atoms with Crippen LogP contribution in [0.2, 0.25) is 5.02 Å². The first-order valence-electron chi connectivity index (χ1n) is 5.35. The van der Waals surface area contributed by atoms with Gasteiger partial charge < -0.3 is 0 Å². The molecule has 3 heteroatoms. The van der Waals surface area contributed by atoms with Crippen LogP contribution in [0.5, 0.6) is 0 Å². The number of hydrogen-bond acceptors (Lipinski definition) is 2. The number of hydrogen-bond donors (Lipinski definition) is 1. The monoisotopic (exact) mass is 244 g/mol. The SMILES string of the molecule is Cc1ccc(N/N=C\c2cccc(Cl)c2)cc1. The van der Waals surface area contributed by atoms with Crippen molar-refractivity contribution in [1.29, 1.82) is 0 Å². The fourth-order valence-corrected chi connectivity index (χ4v) is 1.60. The average molecular weight is 245 g/mol. The normalized spacial score (nSPS) is 10.7. The van der Waals surface area contributed by atoms with Gasteiger partial charge in [-0.25, -0.2) is 0 Å². The number of aryl methyl sites for hydroxylation is 1. The van der Waals surface area contributed by atoms with E-state index >= 15 is 0 Å². The summed E-state index contributed by atoms with van der Waals surface area (Å²) in [5, 5.41) is 4.86. The summed E-state index contributed by atoms with van der Waals surface area (Å²) in [7, 11) is 0. The van der Waals surface area contributed by atoms with Crippen molar-refractivity contribution in [2.24, 2.45) is 5.10 Å². The average Bonchev–Trinajstić information content (AvgIpc) is 2.32. The summed E-state index contributed by atoms with van der Waals surface area (Å²) in [6.07, 6.45) is 1.74. The second-order valence-corrected chi connectivity index (χ2v) is 4.23. The van der Waals surface area contributed by atoms with E-state index in [-0.39, 0.29) is 0 Å². The number of anilines is 1. The van der Waals surface area contributed by atoms with Gasteiger partial charge in [-0.2, -0.15) is 5.10 Å². The van der Waals surface area contributed by atoms with E-state index < -0.39 is 0 Å². The van der Waals surface area contributed by atoms with Crippen LogP contribution in [0, 0.1) is 6.92 Å². The molecule has 0 heterocycles. The van der Waals surface area contributed by atoms with Gasteiger partial charge in [0.15, 0.2) is 0 Å². The van der Waals surface area contributed by atoms with Gasteiger partial charge in [-0.05, 0) is 36.8 Å². The van der Waals surface area contributed by atoms with Crippen LogP contribution in [-0.4, -0.2) is 6.21 Å². The van der Waals surface area contributed by atoms with Crippen LogP contribution in [0.1, 0.15) is 11.1 Å². The lowest BCUT2D eigenvalue weighted by Crippen LogP contribution is -1.90.